The van der Waals surface area contributed by atoms with Crippen LogP contribution in [-0.2, 0) is 9.53 Å². The number of amidine groups is 1. The molecule has 0 fully saturated rings. The molecule has 0 bridgehead atoms. The molecule has 1 atom stereocenters. The van der Waals surface area contributed by atoms with E-state index < -0.39 is 0 Å². The van der Waals surface area contributed by atoms with Crippen LogP contribution in [0.4, 0.5) is 0 Å². The third kappa shape index (κ3) is 2.27. The van der Waals surface area contributed by atoms with Gasteiger partial charge >= 0.3 is 0 Å². The van der Waals surface area contributed by atoms with Crippen molar-refractivity contribution in [3.63, 3.8) is 0 Å². The Morgan fingerprint density at radius 1 is 1.33 bits per heavy atom. The van der Waals surface area contributed by atoms with Crippen molar-refractivity contribution in [3.8, 4) is 0 Å². The average Bonchev–Trinajstić information content (AvgIpc) is 2.38. The van der Waals surface area contributed by atoms with E-state index in [9.17, 15) is 4.79 Å². The molecule has 1 aromatic carbocycles. The maximum atomic E-state index is 11.8. The Morgan fingerprint density at radius 3 is 2.56 bits per heavy atom. The van der Waals surface area contributed by atoms with Crippen LogP contribution >= 0.6 is 0 Å². The minimum atomic E-state index is -0.292. The lowest BCUT2D eigenvalue weighted by Crippen LogP contribution is -2.32. The van der Waals surface area contributed by atoms with Gasteiger partial charge in [0.25, 0.3) is 6.02 Å². The smallest absolute Gasteiger partial charge is 0.289 e. The number of nitrogens with one attached hydrogen (secondary N) is 1. The molecule has 1 unspecified atom stereocenters. The predicted molar refractivity (Wildman–Crippen MR) is 70.1 cm³/mol. The molecule has 0 saturated heterocycles. The Labute approximate surface area is 106 Å². The Bertz CT molecular complexity index is 518. The molecule has 94 valence electrons. The van der Waals surface area contributed by atoms with Crippen LogP contribution in [0.2, 0.25) is 0 Å². The average molecular weight is 244 g/mol. The van der Waals surface area contributed by atoms with E-state index in [-0.39, 0.29) is 11.8 Å². The maximum absolute atomic E-state index is 11.8. The molecule has 0 saturated carbocycles. The second kappa shape index (κ2) is 5.04. The van der Waals surface area contributed by atoms with Crippen molar-refractivity contribution in [1.82, 2.24) is 5.32 Å². The van der Waals surface area contributed by atoms with Gasteiger partial charge in [0.2, 0.25) is 0 Å². The summed E-state index contributed by atoms with van der Waals surface area (Å²) in [5, 5.41) is 2.98. The topological polar surface area (TPSA) is 50.7 Å². The summed E-state index contributed by atoms with van der Waals surface area (Å²) < 4.78 is 5.13. The lowest BCUT2D eigenvalue weighted by atomic mass is 9.94. The Morgan fingerprint density at radius 2 is 2.00 bits per heavy atom. The number of rotatable bonds is 2. The first-order valence-corrected chi connectivity index (χ1v) is 5.79. The van der Waals surface area contributed by atoms with E-state index in [1.165, 1.54) is 0 Å². The van der Waals surface area contributed by atoms with Gasteiger partial charge in [0.15, 0.2) is 5.78 Å². The van der Waals surface area contributed by atoms with Crippen molar-refractivity contribution in [1.29, 1.82) is 0 Å². The van der Waals surface area contributed by atoms with Crippen molar-refractivity contribution < 1.29 is 9.53 Å². The molecule has 0 spiro atoms. The summed E-state index contributed by atoms with van der Waals surface area (Å²) in [6.45, 7) is 3.42. The highest BCUT2D eigenvalue weighted by Crippen LogP contribution is 2.30. The number of hydrogen-bond donors (Lipinski definition) is 1. The molecule has 4 heteroatoms. The van der Waals surface area contributed by atoms with Gasteiger partial charge in [-0.25, -0.2) is 4.99 Å². The van der Waals surface area contributed by atoms with Crippen molar-refractivity contribution >= 4 is 11.8 Å². The lowest BCUT2D eigenvalue weighted by molar-refractivity contribution is -0.114. The predicted octanol–water partition coefficient (Wildman–Crippen LogP) is 2.20. The summed E-state index contributed by atoms with van der Waals surface area (Å²) in [6.07, 6.45) is 0. The number of Topliss-reactive ketones (excluding diaryl/α,β-unsaturated/α-hetero) is 1. The van der Waals surface area contributed by atoms with Crippen LogP contribution in [0.3, 0.4) is 0 Å². The number of ketones is 1. The van der Waals surface area contributed by atoms with E-state index in [0.29, 0.717) is 11.6 Å². The Hall–Kier alpha value is -2.10. The van der Waals surface area contributed by atoms with Crippen LogP contribution in [0, 0.1) is 0 Å². The van der Waals surface area contributed by atoms with Gasteiger partial charge < -0.3 is 10.1 Å². The highest BCUT2D eigenvalue weighted by molar-refractivity contribution is 5.97. The fourth-order valence-electron chi connectivity index (χ4n) is 2.08. The number of nitrogens with zero attached hydrogens (tertiary/aromatic N) is 1. The van der Waals surface area contributed by atoms with E-state index in [1.807, 2.05) is 37.3 Å². The summed E-state index contributed by atoms with van der Waals surface area (Å²) in [5.41, 5.74) is 2.46. The summed E-state index contributed by atoms with van der Waals surface area (Å²) in [6, 6.07) is 9.88. The third-order valence-electron chi connectivity index (χ3n) is 2.91. The number of carbonyl (C=O) groups excluding carboxylic acids is 1. The van der Waals surface area contributed by atoms with Crippen molar-refractivity contribution in [2.75, 3.05) is 7.11 Å². The molecule has 2 rings (SSSR count). The number of aliphatic imine (C=N–C) groups is 1. The molecule has 1 N–H and O–H groups in total. The first kappa shape index (κ1) is 12.4. The highest BCUT2D eigenvalue weighted by Gasteiger charge is 2.27. The molecule has 1 aliphatic rings. The second-order valence-corrected chi connectivity index (χ2v) is 4.17. The second-order valence-electron chi connectivity index (χ2n) is 4.17. The van der Waals surface area contributed by atoms with Gasteiger partial charge in [-0.2, -0.15) is 0 Å². The molecule has 0 radical (unpaired) electrons. The number of allylic oxidation sites excluding steroid dienone is 1. The van der Waals surface area contributed by atoms with Crippen LogP contribution in [0.15, 0.2) is 46.6 Å². The van der Waals surface area contributed by atoms with Gasteiger partial charge in [-0.1, -0.05) is 30.3 Å². The van der Waals surface area contributed by atoms with Crippen LogP contribution in [-0.4, -0.2) is 18.9 Å². The normalized spacial score (nSPS) is 19.1. The van der Waals surface area contributed by atoms with Gasteiger partial charge in [-0.15, -0.1) is 0 Å². The largest absolute Gasteiger partial charge is 0.468 e. The van der Waals surface area contributed by atoms with Gasteiger partial charge in [0.05, 0.1) is 7.11 Å². The maximum Gasteiger partial charge on any atom is 0.289 e. The zero-order valence-electron chi connectivity index (χ0n) is 10.7. The molecule has 0 aromatic heterocycles. The van der Waals surface area contributed by atoms with E-state index in [1.54, 1.807) is 14.0 Å². The van der Waals surface area contributed by atoms with E-state index >= 15 is 0 Å². The molecule has 1 aromatic rings. The zero-order valence-corrected chi connectivity index (χ0v) is 10.7. The van der Waals surface area contributed by atoms with Crippen LogP contribution in [0.1, 0.15) is 25.5 Å². The summed E-state index contributed by atoms with van der Waals surface area (Å²) in [7, 11) is 1.56. The van der Waals surface area contributed by atoms with Crippen LogP contribution < -0.4 is 5.32 Å². The quantitative estimate of drug-likeness (QED) is 0.867. The van der Waals surface area contributed by atoms with Gasteiger partial charge in [0.1, 0.15) is 6.04 Å². The zero-order chi connectivity index (χ0) is 13.1. The van der Waals surface area contributed by atoms with Crippen LogP contribution in [0.25, 0.3) is 0 Å². The minimum Gasteiger partial charge on any atom is -0.468 e. The first-order valence-electron chi connectivity index (χ1n) is 5.79. The van der Waals surface area contributed by atoms with Gasteiger partial charge in [-0.05, 0) is 19.4 Å². The molecular weight excluding hydrogens is 228 g/mol. The molecule has 18 heavy (non-hydrogen) atoms. The third-order valence-corrected chi connectivity index (χ3v) is 2.91. The molecule has 1 aliphatic heterocycles. The van der Waals surface area contributed by atoms with Crippen molar-refractivity contribution in [2.45, 2.75) is 19.9 Å². The SMILES string of the molecule is COC1=NC(c2ccccc2)C(C(C)=O)=C(C)N1. The summed E-state index contributed by atoms with van der Waals surface area (Å²) in [4.78, 5) is 16.2. The van der Waals surface area contributed by atoms with E-state index in [0.717, 1.165) is 11.3 Å². The Balaban J connectivity index is 2.48. The highest BCUT2D eigenvalue weighted by atomic mass is 16.5. The van der Waals surface area contributed by atoms with Crippen LogP contribution in [0.5, 0.6) is 0 Å². The van der Waals surface area contributed by atoms with Gasteiger partial charge in [0, 0.05) is 11.3 Å². The van der Waals surface area contributed by atoms with Crippen molar-refractivity contribution in [3.05, 3.63) is 47.2 Å². The summed E-state index contributed by atoms with van der Waals surface area (Å²) >= 11 is 0. The van der Waals surface area contributed by atoms with E-state index in [4.69, 9.17) is 4.74 Å². The number of ether oxygens (including phenoxy) is 1. The summed E-state index contributed by atoms with van der Waals surface area (Å²) in [5.74, 6) is 0.0211. The van der Waals surface area contributed by atoms with E-state index in [2.05, 4.69) is 10.3 Å². The lowest BCUT2D eigenvalue weighted by Gasteiger charge is -2.24. The van der Waals surface area contributed by atoms with Crippen molar-refractivity contribution in [2.24, 2.45) is 4.99 Å². The fourth-order valence-corrected chi connectivity index (χ4v) is 2.08. The molecule has 1 heterocycles. The monoisotopic (exact) mass is 244 g/mol. The first-order chi connectivity index (χ1) is 8.63. The van der Waals surface area contributed by atoms with Gasteiger partial charge in [-0.3, -0.25) is 4.79 Å². The number of carbonyl (C=O) groups is 1. The number of benzene rings is 1. The molecule has 4 nitrogen and oxygen atoms in total. The molecule has 0 aliphatic carbocycles. The standard InChI is InChI=1S/C14H16N2O2/c1-9-12(10(2)17)13(16-14(15-9)18-3)11-7-5-4-6-8-11/h4-8,13H,1-3H3,(H,15,16). The minimum absolute atomic E-state index is 0.0211. The molecular formula is C14H16N2O2. The fraction of sp³-hybridized carbons (Fsp3) is 0.286. The molecule has 0 amide bonds. The number of methoxy groups -OCH3 is 1. The Kier molecular flexibility index (Phi) is 3.46. The number of hydrogen-bond acceptors (Lipinski definition) is 4.